The molecule has 0 spiro atoms. The van der Waals surface area contributed by atoms with Crippen LogP contribution in [0.15, 0.2) is 28.8 Å². The van der Waals surface area contributed by atoms with Crippen molar-refractivity contribution in [1.29, 1.82) is 0 Å². The van der Waals surface area contributed by atoms with E-state index in [4.69, 9.17) is 16.1 Å². The van der Waals surface area contributed by atoms with Crippen LogP contribution >= 0.6 is 11.6 Å². The first-order valence-electron chi connectivity index (χ1n) is 8.98. The standard InChI is InChI=1S/C19H24ClN3O2/c1-3-12(2)16(21-18(24)14-6-4-5-7-14)19-22-17(23-25-19)13-8-10-15(20)11-9-13/h8-12,14,16H,3-7H2,1-2H3,(H,21,24)/t12-,16+/m1/s1. The zero-order chi connectivity index (χ0) is 17.8. The molecule has 1 fully saturated rings. The van der Waals surface area contributed by atoms with Crippen molar-refractivity contribution in [3.63, 3.8) is 0 Å². The fraction of sp³-hybridized carbons (Fsp3) is 0.526. The Morgan fingerprint density at radius 2 is 2.00 bits per heavy atom. The molecule has 1 aromatic carbocycles. The number of amides is 1. The number of aromatic nitrogens is 2. The summed E-state index contributed by atoms with van der Waals surface area (Å²) in [4.78, 5) is 17.1. The van der Waals surface area contributed by atoms with Gasteiger partial charge in [-0.2, -0.15) is 4.98 Å². The summed E-state index contributed by atoms with van der Waals surface area (Å²) in [5, 5.41) is 7.88. The van der Waals surface area contributed by atoms with E-state index in [0.29, 0.717) is 16.7 Å². The average Bonchev–Trinajstić information content (AvgIpc) is 3.31. The first kappa shape index (κ1) is 17.9. The third-order valence-electron chi connectivity index (χ3n) is 5.05. The van der Waals surface area contributed by atoms with E-state index in [1.54, 1.807) is 12.1 Å². The lowest BCUT2D eigenvalue weighted by atomic mass is 9.97. The Kier molecular flexibility index (Phi) is 5.74. The summed E-state index contributed by atoms with van der Waals surface area (Å²) in [6.07, 6.45) is 5.12. The zero-order valence-corrected chi connectivity index (χ0v) is 15.4. The number of carbonyl (C=O) groups excluding carboxylic acids is 1. The normalized spacial score (nSPS) is 17.4. The molecule has 2 atom stereocenters. The molecule has 1 aliphatic carbocycles. The van der Waals surface area contributed by atoms with Crippen LogP contribution in [0, 0.1) is 11.8 Å². The molecular formula is C19H24ClN3O2. The van der Waals surface area contributed by atoms with E-state index < -0.39 is 0 Å². The van der Waals surface area contributed by atoms with Crippen LogP contribution in [0.5, 0.6) is 0 Å². The first-order valence-corrected chi connectivity index (χ1v) is 9.36. The highest BCUT2D eigenvalue weighted by atomic mass is 35.5. The Balaban J connectivity index is 1.79. The van der Waals surface area contributed by atoms with E-state index in [-0.39, 0.29) is 23.8 Å². The van der Waals surface area contributed by atoms with Gasteiger partial charge in [-0.3, -0.25) is 4.79 Å². The van der Waals surface area contributed by atoms with Crippen molar-refractivity contribution in [2.24, 2.45) is 11.8 Å². The van der Waals surface area contributed by atoms with Crippen molar-refractivity contribution in [2.45, 2.75) is 52.0 Å². The Morgan fingerprint density at radius 3 is 2.64 bits per heavy atom. The smallest absolute Gasteiger partial charge is 0.249 e. The van der Waals surface area contributed by atoms with Crippen LogP contribution in [0.4, 0.5) is 0 Å². The molecule has 1 heterocycles. The summed E-state index contributed by atoms with van der Waals surface area (Å²) >= 11 is 5.92. The largest absolute Gasteiger partial charge is 0.344 e. The monoisotopic (exact) mass is 361 g/mol. The molecule has 1 aromatic heterocycles. The van der Waals surface area contributed by atoms with Crippen LogP contribution in [-0.4, -0.2) is 16.0 Å². The van der Waals surface area contributed by atoms with Gasteiger partial charge in [0.2, 0.25) is 17.6 Å². The minimum Gasteiger partial charge on any atom is -0.344 e. The molecule has 2 aromatic rings. The molecular weight excluding hydrogens is 338 g/mol. The van der Waals surface area contributed by atoms with Gasteiger partial charge in [-0.15, -0.1) is 0 Å². The van der Waals surface area contributed by atoms with Gasteiger partial charge in [0.15, 0.2) is 0 Å². The van der Waals surface area contributed by atoms with Crippen LogP contribution in [0.25, 0.3) is 11.4 Å². The van der Waals surface area contributed by atoms with Crippen LogP contribution in [0.3, 0.4) is 0 Å². The molecule has 134 valence electrons. The Labute approximate surface area is 153 Å². The number of carbonyl (C=O) groups is 1. The number of halogens is 1. The number of hydrogen-bond acceptors (Lipinski definition) is 4. The van der Waals surface area contributed by atoms with Gasteiger partial charge >= 0.3 is 0 Å². The third kappa shape index (κ3) is 4.21. The molecule has 1 amide bonds. The van der Waals surface area contributed by atoms with E-state index >= 15 is 0 Å². The Morgan fingerprint density at radius 1 is 1.32 bits per heavy atom. The summed E-state index contributed by atoms with van der Waals surface area (Å²) in [7, 11) is 0. The molecule has 1 N–H and O–H groups in total. The van der Waals surface area contributed by atoms with Crippen LogP contribution in [0.2, 0.25) is 5.02 Å². The number of hydrogen-bond donors (Lipinski definition) is 1. The molecule has 0 radical (unpaired) electrons. The van der Waals surface area contributed by atoms with Gasteiger partial charge in [0.1, 0.15) is 6.04 Å². The molecule has 0 aliphatic heterocycles. The maximum Gasteiger partial charge on any atom is 0.249 e. The second-order valence-corrected chi connectivity index (χ2v) is 7.25. The molecule has 1 saturated carbocycles. The van der Waals surface area contributed by atoms with Gasteiger partial charge in [-0.25, -0.2) is 0 Å². The fourth-order valence-corrected chi connectivity index (χ4v) is 3.35. The molecule has 0 bridgehead atoms. The highest BCUT2D eigenvalue weighted by Gasteiger charge is 2.30. The van der Waals surface area contributed by atoms with Crippen LogP contribution in [0.1, 0.15) is 57.9 Å². The van der Waals surface area contributed by atoms with Crippen molar-refractivity contribution < 1.29 is 9.32 Å². The molecule has 25 heavy (non-hydrogen) atoms. The van der Waals surface area contributed by atoms with Gasteiger partial charge in [0.05, 0.1) is 0 Å². The Hall–Kier alpha value is -1.88. The minimum absolute atomic E-state index is 0.106. The van der Waals surface area contributed by atoms with E-state index in [1.807, 2.05) is 12.1 Å². The summed E-state index contributed by atoms with van der Waals surface area (Å²) in [6, 6.07) is 7.03. The van der Waals surface area contributed by atoms with Crippen LogP contribution < -0.4 is 5.32 Å². The highest BCUT2D eigenvalue weighted by molar-refractivity contribution is 6.30. The number of nitrogens with one attached hydrogen (secondary N) is 1. The SMILES string of the molecule is CC[C@@H](C)[C@H](NC(=O)C1CCCC1)c1nc(-c2ccc(Cl)cc2)no1. The highest BCUT2D eigenvalue weighted by Crippen LogP contribution is 2.29. The maximum absolute atomic E-state index is 12.5. The quantitative estimate of drug-likeness (QED) is 0.803. The molecule has 6 heteroatoms. The number of benzene rings is 1. The van der Waals surface area contributed by atoms with Gasteiger partial charge in [-0.1, -0.05) is 49.9 Å². The maximum atomic E-state index is 12.5. The molecule has 0 unspecified atom stereocenters. The van der Waals surface area contributed by atoms with Crippen molar-refractivity contribution >= 4 is 17.5 Å². The third-order valence-corrected chi connectivity index (χ3v) is 5.30. The Bertz CT molecular complexity index is 708. The van der Waals surface area contributed by atoms with Gasteiger partial charge in [-0.05, 0) is 43.0 Å². The van der Waals surface area contributed by atoms with E-state index in [1.165, 1.54) is 0 Å². The number of rotatable bonds is 6. The molecule has 0 saturated heterocycles. The van der Waals surface area contributed by atoms with Gasteiger partial charge in [0, 0.05) is 16.5 Å². The van der Waals surface area contributed by atoms with Crippen molar-refractivity contribution in [3.05, 3.63) is 35.2 Å². The lowest BCUT2D eigenvalue weighted by molar-refractivity contribution is -0.126. The zero-order valence-electron chi connectivity index (χ0n) is 14.7. The van der Waals surface area contributed by atoms with E-state index in [9.17, 15) is 4.79 Å². The van der Waals surface area contributed by atoms with Gasteiger partial charge < -0.3 is 9.84 Å². The van der Waals surface area contributed by atoms with Crippen molar-refractivity contribution in [3.8, 4) is 11.4 Å². The topological polar surface area (TPSA) is 68.0 Å². The second-order valence-electron chi connectivity index (χ2n) is 6.82. The van der Waals surface area contributed by atoms with Crippen molar-refractivity contribution in [2.75, 3.05) is 0 Å². The molecule has 5 nitrogen and oxygen atoms in total. The lowest BCUT2D eigenvalue weighted by Crippen LogP contribution is -2.36. The molecule has 1 aliphatic rings. The predicted octanol–water partition coefficient (Wildman–Crippen LogP) is 4.78. The minimum atomic E-state index is -0.258. The second kappa shape index (κ2) is 8.00. The van der Waals surface area contributed by atoms with E-state index in [2.05, 4.69) is 29.3 Å². The van der Waals surface area contributed by atoms with E-state index in [0.717, 1.165) is 37.7 Å². The van der Waals surface area contributed by atoms with Gasteiger partial charge in [0.25, 0.3) is 0 Å². The number of nitrogens with zero attached hydrogens (tertiary/aromatic N) is 2. The fourth-order valence-electron chi connectivity index (χ4n) is 3.22. The van der Waals surface area contributed by atoms with Crippen molar-refractivity contribution in [1.82, 2.24) is 15.5 Å². The molecule has 3 rings (SSSR count). The van der Waals surface area contributed by atoms with Crippen LogP contribution in [-0.2, 0) is 4.79 Å². The summed E-state index contributed by atoms with van der Waals surface area (Å²) < 4.78 is 5.49. The average molecular weight is 362 g/mol. The summed E-state index contributed by atoms with van der Waals surface area (Å²) in [6.45, 7) is 4.18. The predicted molar refractivity (Wildman–Crippen MR) is 97.0 cm³/mol. The summed E-state index contributed by atoms with van der Waals surface area (Å²) in [5.41, 5.74) is 0.837. The first-order chi connectivity index (χ1) is 12.1. The summed E-state index contributed by atoms with van der Waals surface area (Å²) in [5.74, 6) is 1.41. The lowest BCUT2D eigenvalue weighted by Gasteiger charge is -2.22.